The normalized spacial score (nSPS) is 19.1. The van der Waals surface area contributed by atoms with E-state index >= 15 is 0 Å². The van der Waals surface area contributed by atoms with Crippen molar-refractivity contribution in [1.29, 1.82) is 0 Å². The highest BCUT2D eigenvalue weighted by molar-refractivity contribution is 9.12. The first-order valence-corrected chi connectivity index (χ1v) is 6.42. The maximum absolute atomic E-state index is 10.6. The van der Waals surface area contributed by atoms with Gasteiger partial charge in [0.25, 0.3) is 5.69 Å². The standard InChI is InChI=1S/C13H13BrN2O2/c1-8-12(15-9(2)13(8)14)7-10-3-5-11(6-4-10)16(17)18/h3-6,12H,7H2,1-2H3. The van der Waals surface area contributed by atoms with Crippen LogP contribution in [0, 0.1) is 10.1 Å². The number of nitrogens with zero attached hydrogens (tertiary/aromatic N) is 2. The fourth-order valence-electron chi connectivity index (χ4n) is 1.99. The number of benzene rings is 1. The van der Waals surface area contributed by atoms with Crippen molar-refractivity contribution >= 4 is 27.3 Å². The Hall–Kier alpha value is -1.49. The van der Waals surface area contributed by atoms with Crippen molar-refractivity contribution in [2.45, 2.75) is 26.3 Å². The lowest BCUT2D eigenvalue weighted by molar-refractivity contribution is -0.384. The van der Waals surface area contributed by atoms with Gasteiger partial charge in [-0.25, -0.2) is 0 Å². The fraction of sp³-hybridized carbons (Fsp3) is 0.308. The van der Waals surface area contributed by atoms with Crippen molar-refractivity contribution in [2.75, 3.05) is 0 Å². The van der Waals surface area contributed by atoms with Gasteiger partial charge in [-0.3, -0.25) is 15.1 Å². The van der Waals surface area contributed by atoms with Crippen molar-refractivity contribution in [1.82, 2.24) is 0 Å². The predicted molar refractivity (Wildman–Crippen MR) is 75.3 cm³/mol. The van der Waals surface area contributed by atoms with Crippen LogP contribution in [-0.2, 0) is 6.42 Å². The lowest BCUT2D eigenvalue weighted by atomic mass is 10.0. The van der Waals surface area contributed by atoms with Gasteiger partial charge in [-0.2, -0.15) is 0 Å². The van der Waals surface area contributed by atoms with Gasteiger partial charge in [0.05, 0.1) is 11.0 Å². The highest BCUT2D eigenvalue weighted by atomic mass is 79.9. The molecule has 1 aliphatic rings. The van der Waals surface area contributed by atoms with Crippen LogP contribution in [0.1, 0.15) is 19.4 Å². The van der Waals surface area contributed by atoms with Gasteiger partial charge < -0.3 is 0 Å². The number of nitro benzene ring substituents is 1. The summed E-state index contributed by atoms with van der Waals surface area (Å²) in [5, 5.41) is 10.6. The molecule has 2 rings (SSSR count). The molecule has 0 aliphatic carbocycles. The Morgan fingerprint density at radius 3 is 2.39 bits per heavy atom. The van der Waals surface area contributed by atoms with E-state index in [0.717, 1.165) is 22.2 Å². The number of non-ortho nitro benzene ring substituents is 1. The third-order valence-corrected chi connectivity index (χ3v) is 4.29. The first-order chi connectivity index (χ1) is 8.49. The molecule has 1 heterocycles. The first kappa shape index (κ1) is 13.0. The Morgan fingerprint density at radius 2 is 1.94 bits per heavy atom. The molecule has 0 bridgehead atoms. The van der Waals surface area contributed by atoms with Crippen LogP contribution in [0.5, 0.6) is 0 Å². The SMILES string of the molecule is CC1=NC(Cc2ccc([N+](=O)[O-])cc2)C(C)=C1Br. The van der Waals surface area contributed by atoms with E-state index in [2.05, 4.69) is 27.8 Å². The smallest absolute Gasteiger partial charge is 0.269 e. The number of hydrogen-bond donors (Lipinski definition) is 0. The molecular formula is C13H13BrN2O2. The van der Waals surface area contributed by atoms with Crippen molar-refractivity contribution in [2.24, 2.45) is 4.99 Å². The molecule has 0 saturated heterocycles. The summed E-state index contributed by atoms with van der Waals surface area (Å²) in [4.78, 5) is 14.7. The molecule has 4 nitrogen and oxygen atoms in total. The van der Waals surface area contributed by atoms with Crippen LogP contribution >= 0.6 is 15.9 Å². The number of nitro groups is 1. The molecule has 0 amide bonds. The molecule has 0 N–H and O–H groups in total. The minimum atomic E-state index is -0.386. The zero-order valence-corrected chi connectivity index (χ0v) is 11.8. The van der Waals surface area contributed by atoms with Gasteiger partial charge >= 0.3 is 0 Å². The van der Waals surface area contributed by atoms with Crippen LogP contribution in [-0.4, -0.2) is 16.7 Å². The molecule has 1 unspecified atom stereocenters. The van der Waals surface area contributed by atoms with Crippen LogP contribution in [0.15, 0.2) is 39.3 Å². The van der Waals surface area contributed by atoms with E-state index in [1.807, 2.05) is 6.92 Å². The Balaban J connectivity index is 2.14. The number of aliphatic imine (C=N–C) groups is 1. The average molecular weight is 309 g/mol. The molecule has 0 radical (unpaired) electrons. The van der Waals surface area contributed by atoms with Gasteiger partial charge in [0.15, 0.2) is 0 Å². The zero-order valence-electron chi connectivity index (χ0n) is 10.2. The van der Waals surface area contributed by atoms with Gasteiger partial charge in [0.2, 0.25) is 0 Å². The molecule has 1 aromatic carbocycles. The lowest BCUT2D eigenvalue weighted by Gasteiger charge is -2.09. The molecule has 0 spiro atoms. The molecule has 94 valence electrons. The monoisotopic (exact) mass is 308 g/mol. The summed E-state index contributed by atoms with van der Waals surface area (Å²) in [7, 11) is 0. The average Bonchev–Trinajstić information content (AvgIpc) is 2.58. The van der Waals surface area contributed by atoms with E-state index in [1.165, 1.54) is 17.7 Å². The second kappa shape index (κ2) is 5.02. The minimum absolute atomic E-state index is 0.123. The Labute approximate surface area is 114 Å². The van der Waals surface area contributed by atoms with Crippen LogP contribution in [0.25, 0.3) is 0 Å². The maximum Gasteiger partial charge on any atom is 0.269 e. The van der Waals surface area contributed by atoms with Gasteiger partial charge in [-0.15, -0.1) is 0 Å². The molecule has 0 saturated carbocycles. The van der Waals surface area contributed by atoms with Crippen molar-refractivity contribution in [3.8, 4) is 0 Å². The van der Waals surface area contributed by atoms with Gasteiger partial charge in [0, 0.05) is 22.3 Å². The summed E-state index contributed by atoms with van der Waals surface area (Å²) >= 11 is 3.51. The third kappa shape index (κ3) is 2.51. The van der Waals surface area contributed by atoms with E-state index in [1.54, 1.807) is 12.1 Å². The van der Waals surface area contributed by atoms with E-state index < -0.39 is 0 Å². The Morgan fingerprint density at radius 1 is 1.33 bits per heavy atom. The van der Waals surface area contributed by atoms with Gasteiger partial charge in [0.1, 0.15) is 0 Å². The topological polar surface area (TPSA) is 55.5 Å². The lowest BCUT2D eigenvalue weighted by Crippen LogP contribution is -2.07. The van der Waals surface area contributed by atoms with Crippen LogP contribution in [0.4, 0.5) is 5.69 Å². The maximum atomic E-state index is 10.6. The van der Waals surface area contributed by atoms with E-state index in [-0.39, 0.29) is 16.7 Å². The molecule has 1 aromatic rings. The second-order valence-corrected chi connectivity index (χ2v) is 5.15. The highest BCUT2D eigenvalue weighted by Crippen LogP contribution is 2.28. The Kier molecular flexibility index (Phi) is 3.61. The van der Waals surface area contributed by atoms with Crippen LogP contribution < -0.4 is 0 Å². The van der Waals surface area contributed by atoms with Crippen molar-refractivity contribution in [3.63, 3.8) is 0 Å². The second-order valence-electron chi connectivity index (χ2n) is 4.35. The summed E-state index contributed by atoms with van der Waals surface area (Å²) < 4.78 is 1.08. The minimum Gasteiger partial charge on any atom is -0.281 e. The van der Waals surface area contributed by atoms with Gasteiger partial charge in [-0.05, 0) is 47.3 Å². The summed E-state index contributed by atoms with van der Waals surface area (Å²) in [6.07, 6.45) is 0.774. The third-order valence-electron chi connectivity index (χ3n) is 3.09. The van der Waals surface area contributed by atoms with Gasteiger partial charge in [-0.1, -0.05) is 12.1 Å². The summed E-state index contributed by atoms with van der Waals surface area (Å²) in [5.74, 6) is 0. The summed E-state index contributed by atoms with van der Waals surface area (Å²) in [6, 6.07) is 6.80. The Bertz CT molecular complexity index is 547. The molecule has 1 atom stereocenters. The number of allylic oxidation sites excluding steroid dienone is 1. The summed E-state index contributed by atoms with van der Waals surface area (Å²) in [5.41, 5.74) is 3.41. The molecule has 5 heteroatoms. The molecule has 1 aliphatic heterocycles. The summed E-state index contributed by atoms with van der Waals surface area (Å²) in [6.45, 7) is 4.03. The molecule has 18 heavy (non-hydrogen) atoms. The van der Waals surface area contributed by atoms with E-state index in [9.17, 15) is 10.1 Å². The van der Waals surface area contributed by atoms with Crippen molar-refractivity contribution < 1.29 is 4.92 Å². The number of hydrogen-bond acceptors (Lipinski definition) is 3. The van der Waals surface area contributed by atoms with Crippen LogP contribution in [0.3, 0.4) is 0 Å². The first-order valence-electron chi connectivity index (χ1n) is 5.63. The molecular weight excluding hydrogens is 296 g/mol. The fourth-order valence-corrected chi connectivity index (χ4v) is 2.36. The van der Waals surface area contributed by atoms with Crippen LogP contribution in [0.2, 0.25) is 0 Å². The molecule has 0 fully saturated rings. The van der Waals surface area contributed by atoms with E-state index in [0.29, 0.717) is 0 Å². The molecule has 0 aromatic heterocycles. The predicted octanol–water partition coefficient (Wildman–Crippen LogP) is 3.65. The quantitative estimate of drug-likeness (QED) is 0.632. The zero-order chi connectivity index (χ0) is 13.3. The van der Waals surface area contributed by atoms with Crippen molar-refractivity contribution in [3.05, 3.63) is 50.0 Å². The highest BCUT2D eigenvalue weighted by Gasteiger charge is 2.21. The largest absolute Gasteiger partial charge is 0.281 e. The number of halogens is 1. The van der Waals surface area contributed by atoms with E-state index in [4.69, 9.17) is 0 Å². The number of rotatable bonds is 3.